The van der Waals surface area contributed by atoms with E-state index in [4.69, 9.17) is 38.8 Å². The number of benzene rings is 2. The smallest absolute Gasteiger partial charge is 0.337 e. The van der Waals surface area contributed by atoms with Gasteiger partial charge in [0.2, 0.25) is 0 Å². The van der Waals surface area contributed by atoms with Crippen LogP contribution in [0.25, 0.3) is 0 Å². The molecule has 0 fully saturated rings. The number of carbonyl (C=O) groups is 1. The molecule has 0 atom stereocenters. The summed E-state index contributed by atoms with van der Waals surface area (Å²) in [5.41, 5.74) is 5.76. The molecular formula is C13H9Cl2NO3. The first kappa shape index (κ1) is 13.5. The molecule has 19 heavy (non-hydrogen) atoms. The Hall–Kier alpha value is -1.91. The van der Waals surface area contributed by atoms with Crippen LogP contribution in [-0.4, -0.2) is 11.1 Å². The molecule has 98 valence electrons. The average molecular weight is 298 g/mol. The first-order valence-electron chi connectivity index (χ1n) is 5.23. The molecule has 0 radical (unpaired) electrons. The zero-order chi connectivity index (χ0) is 14.0. The van der Waals surface area contributed by atoms with Gasteiger partial charge in [-0.1, -0.05) is 23.2 Å². The Bertz CT molecular complexity index is 644. The Kier molecular flexibility index (Phi) is 3.83. The van der Waals surface area contributed by atoms with E-state index in [0.29, 0.717) is 21.5 Å². The number of hydrogen-bond acceptors (Lipinski definition) is 3. The van der Waals surface area contributed by atoms with Crippen molar-refractivity contribution >= 4 is 34.9 Å². The van der Waals surface area contributed by atoms with Crippen LogP contribution in [0.5, 0.6) is 11.5 Å². The van der Waals surface area contributed by atoms with E-state index < -0.39 is 5.97 Å². The van der Waals surface area contributed by atoms with Gasteiger partial charge in [-0.3, -0.25) is 0 Å². The Morgan fingerprint density at radius 2 is 1.89 bits per heavy atom. The molecule has 2 aromatic rings. The first-order chi connectivity index (χ1) is 8.97. The van der Waals surface area contributed by atoms with Crippen molar-refractivity contribution in [2.45, 2.75) is 0 Å². The fourth-order valence-corrected chi connectivity index (χ4v) is 1.80. The molecule has 0 aliphatic carbocycles. The van der Waals surface area contributed by atoms with E-state index in [2.05, 4.69) is 0 Å². The SMILES string of the molecule is Nc1cc(Oc2cc(Cl)ccc2Cl)ccc1C(=O)O. The highest BCUT2D eigenvalue weighted by Gasteiger charge is 2.10. The standard InChI is InChI=1S/C13H9Cl2NO3/c14-7-1-4-10(15)12(5-7)19-8-2-3-9(13(17)18)11(16)6-8/h1-6H,16H2,(H,17,18). The molecule has 0 bridgehead atoms. The van der Waals surface area contributed by atoms with Gasteiger partial charge in [-0.15, -0.1) is 0 Å². The number of rotatable bonds is 3. The maximum atomic E-state index is 10.8. The lowest BCUT2D eigenvalue weighted by atomic mass is 10.2. The van der Waals surface area contributed by atoms with Crippen LogP contribution < -0.4 is 10.5 Å². The van der Waals surface area contributed by atoms with Crippen LogP contribution in [0.4, 0.5) is 5.69 Å². The zero-order valence-corrected chi connectivity index (χ0v) is 11.1. The van der Waals surface area contributed by atoms with E-state index in [9.17, 15) is 4.79 Å². The lowest BCUT2D eigenvalue weighted by Crippen LogP contribution is -2.02. The highest BCUT2D eigenvalue weighted by molar-refractivity contribution is 6.34. The number of nitrogens with two attached hydrogens (primary N) is 1. The number of ether oxygens (including phenoxy) is 1. The van der Waals surface area contributed by atoms with Gasteiger partial charge >= 0.3 is 5.97 Å². The number of anilines is 1. The van der Waals surface area contributed by atoms with Crippen LogP contribution in [0.1, 0.15) is 10.4 Å². The molecular weight excluding hydrogens is 289 g/mol. The lowest BCUT2D eigenvalue weighted by molar-refractivity contribution is 0.0698. The zero-order valence-electron chi connectivity index (χ0n) is 9.56. The highest BCUT2D eigenvalue weighted by atomic mass is 35.5. The van der Waals surface area contributed by atoms with Crippen molar-refractivity contribution in [2.24, 2.45) is 0 Å². The largest absolute Gasteiger partial charge is 0.478 e. The van der Waals surface area contributed by atoms with Crippen molar-refractivity contribution < 1.29 is 14.6 Å². The maximum absolute atomic E-state index is 10.8. The third-order valence-electron chi connectivity index (χ3n) is 2.37. The minimum atomic E-state index is -1.09. The van der Waals surface area contributed by atoms with Crippen molar-refractivity contribution in [3.05, 3.63) is 52.0 Å². The van der Waals surface area contributed by atoms with E-state index in [1.54, 1.807) is 18.2 Å². The number of nitrogen functional groups attached to an aromatic ring is 1. The summed E-state index contributed by atoms with van der Waals surface area (Å²) in [6.45, 7) is 0. The molecule has 3 N–H and O–H groups in total. The Morgan fingerprint density at radius 1 is 1.16 bits per heavy atom. The van der Waals surface area contributed by atoms with Gasteiger partial charge in [0.1, 0.15) is 11.5 Å². The minimum Gasteiger partial charge on any atom is -0.478 e. The van der Waals surface area contributed by atoms with Gasteiger partial charge in [0, 0.05) is 22.8 Å². The summed E-state index contributed by atoms with van der Waals surface area (Å²) in [5, 5.41) is 9.74. The molecule has 0 spiro atoms. The summed E-state index contributed by atoms with van der Waals surface area (Å²) in [6.07, 6.45) is 0. The number of aromatic carboxylic acids is 1. The van der Waals surface area contributed by atoms with Gasteiger partial charge in [-0.05, 0) is 24.3 Å². The predicted molar refractivity (Wildman–Crippen MR) is 74.3 cm³/mol. The molecule has 0 aliphatic heterocycles. The van der Waals surface area contributed by atoms with E-state index in [-0.39, 0.29) is 11.3 Å². The highest BCUT2D eigenvalue weighted by Crippen LogP contribution is 2.32. The second-order valence-electron chi connectivity index (χ2n) is 3.73. The summed E-state index contributed by atoms with van der Waals surface area (Å²) in [7, 11) is 0. The molecule has 0 amide bonds. The number of hydrogen-bond donors (Lipinski definition) is 2. The normalized spacial score (nSPS) is 10.2. The lowest BCUT2D eigenvalue weighted by Gasteiger charge is -2.09. The molecule has 2 rings (SSSR count). The first-order valence-corrected chi connectivity index (χ1v) is 5.98. The molecule has 6 heteroatoms. The van der Waals surface area contributed by atoms with E-state index in [1.165, 1.54) is 18.2 Å². The topological polar surface area (TPSA) is 72.5 Å². The fraction of sp³-hybridized carbons (Fsp3) is 0. The quantitative estimate of drug-likeness (QED) is 0.838. The second-order valence-corrected chi connectivity index (χ2v) is 4.57. The van der Waals surface area contributed by atoms with Crippen LogP contribution in [0, 0.1) is 0 Å². The second kappa shape index (κ2) is 5.38. The van der Waals surface area contributed by atoms with E-state index in [1.807, 2.05) is 0 Å². The van der Waals surface area contributed by atoms with Crippen LogP contribution in [0.3, 0.4) is 0 Å². The van der Waals surface area contributed by atoms with Crippen molar-refractivity contribution in [3.63, 3.8) is 0 Å². The number of carboxylic acid groups (broad SMARTS) is 1. The molecule has 0 aliphatic rings. The summed E-state index contributed by atoms with van der Waals surface area (Å²) >= 11 is 11.8. The molecule has 2 aromatic carbocycles. The summed E-state index contributed by atoms with van der Waals surface area (Å²) in [5.74, 6) is -0.340. The number of halogens is 2. The Balaban J connectivity index is 2.31. The van der Waals surface area contributed by atoms with Crippen LogP contribution >= 0.6 is 23.2 Å². The molecule has 0 unspecified atom stereocenters. The number of carboxylic acids is 1. The maximum Gasteiger partial charge on any atom is 0.337 e. The van der Waals surface area contributed by atoms with Crippen molar-refractivity contribution in [3.8, 4) is 11.5 Å². The van der Waals surface area contributed by atoms with Gasteiger partial charge in [-0.2, -0.15) is 0 Å². The Morgan fingerprint density at radius 3 is 2.53 bits per heavy atom. The molecule has 4 nitrogen and oxygen atoms in total. The van der Waals surface area contributed by atoms with Gasteiger partial charge in [0.15, 0.2) is 0 Å². The van der Waals surface area contributed by atoms with Gasteiger partial charge in [0.05, 0.1) is 10.6 Å². The van der Waals surface area contributed by atoms with Gasteiger partial charge in [-0.25, -0.2) is 4.79 Å². The van der Waals surface area contributed by atoms with Crippen molar-refractivity contribution in [2.75, 3.05) is 5.73 Å². The van der Waals surface area contributed by atoms with Crippen LogP contribution in [0.15, 0.2) is 36.4 Å². The molecule has 0 heterocycles. The third kappa shape index (κ3) is 3.10. The third-order valence-corrected chi connectivity index (χ3v) is 2.92. The van der Waals surface area contributed by atoms with Crippen LogP contribution in [0.2, 0.25) is 10.0 Å². The minimum absolute atomic E-state index is 0.0181. The monoisotopic (exact) mass is 297 g/mol. The van der Waals surface area contributed by atoms with Gasteiger partial charge in [0.25, 0.3) is 0 Å². The molecule has 0 saturated carbocycles. The van der Waals surface area contributed by atoms with Gasteiger partial charge < -0.3 is 15.6 Å². The summed E-state index contributed by atoms with van der Waals surface area (Å²) in [6, 6.07) is 9.08. The summed E-state index contributed by atoms with van der Waals surface area (Å²) < 4.78 is 5.52. The van der Waals surface area contributed by atoms with Crippen molar-refractivity contribution in [1.29, 1.82) is 0 Å². The average Bonchev–Trinajstić information content (AvgIpc) is 2.33. The fourth-order valence-electron chi connectivity index (χ4n) is 1.48. The van der Waals surface area contributed by atoms with Crippen LogP contribution in [-0.2, 0) is 0 Å². The predicted octanol–water partition coefficient (Wildman–Crippen LogP) is 4.07. The van der Waals surface area contributed by atoms with E-state index in [0.717, 1.165) is 0 Å². The molecule has 0 saturated heterocycles. The Labute approximate surface area is 119 Å². The summed E-state index contributed by atoms with van der Waals surface area (Å²) in [4.78, 5) is 10.8. The molecule has 0 aromatic heterocycles. The van der Waals surface area contributed by atoms with Crippen molar-refractivity contribution in [1.82, 2.24) is 0 Å². The van der Waals surface area contributed by atoms with E-state index >= 15 is 0 Å².